The summed E-state index contributed by atoms with van der Waals surface area (Å²) in [6.45, 7) is 2.78. The number of hydrogen-bond acceptors (Lipinski definition) is 3. The molecule has 18 heavy (non-hydrogen) atoms. The molecule has 0 saturated carbocycles. The van der Waals surface area contributed by atoms with E-state index in [2.05, 4.69) is 15.9 Å². The van der Waals surface area contributed by atoms with E-state index in [-0.39, 0.29) is 5.91 Å². The van der Waals surface area contributed by atoms with Crippen molar-refractivity contribution in [1.29, 1.82) is 0 Å². The van der Waals surface area contributed by atoms with Gasteiger partial charge in [0.15, 0.2) is 11.5 Å². The summed E-state index contributed by atoms with van der Waals surface area (Å²) in [5, 5.41) is 0. The standard InChI is InChI=1S/C13H14BrNO3/c14-10-8-12-11(17-5-6-18-12)7-9(10)13(16)15-3-1-2-4-15/h7-8H,1-6H2. The van der Waals surface area contributed by atoms with Crippen LogP contribution < -0.4 is 9.47 Å². The third-order valence-corrected chi connectivity index (χ3v) is 3.91. The maximum Gasteiger partial charge on any atom is 0.255 e. The van der Waals surface area contributed by atoms with Crippen LogP contribution in [0.2, 0.25) is 0 Å². The van der Waals surface area contributed by atoms with Crippen LogP contribution in [0, 0.1) is 0 Å². The maximum atomic E-state index is 12.4. The first-order chi connectivity index (χ1) is 8.75. The van der Waals surface area contributed by atoms with Crippen LogP contribution in [0.1, 0.15) is 23.2 Å². The highest BCUT2D eigenvalue weighted by atomic mass is 79.9. The fraction of sp³-hybridized carbons (Fsp3) is 0.462. The number of carbonyl (C=O) groups excluding carboxylic acids is 1. The Hall–Kier alpha value is -1.23. The Morgan fingerprint density at radius 1 is 1.11 bits per heavy atom. The summed E-state index contributed by atoms with van der Waals surface area (Å²) in [6, 6.07) is 3.59. The Labute approximate surface area is 114 Å². The molecule has 3 rings (SSSR count). The van der Waals surface area contributed by atoms with E-state index in [4.69, 9.17) is 9.47 Å². The van der Waals surface area contributed by atoms with Gasteiger partial charge in [0, 0.05) is 17.6 Å². The van der Waals surface area contributed by atoms with Crippen LogP contribution in [0.15, 0.2) is 16.6 Å². The average molecular weight is 312 g/mol. The number of likely N-dealkylation sites (tertiary alicyclic amines) is 1. The molecule has 0 aliphatic carbocycles. The molecule has 2 aliphatic heterocycles. The number of nitrogens with zero attached hydrogens (tertiary/aromatic N) is 1. The van der Waals surface area contributed by atoms with Crippen LogP contribution in [0.3, 0.4) is 0 Å². The van der Waals surface area contributed by atoms with E-state index in [1.807, 2.05) is 11.0 Å². The van der Waals surface area contributed by atoms with E-state index < -0.39 is 0 Å². The van der Waals surface area contributed by atoms with E-state index >= 15 is 0 Å². The summed E-state index contributed by atoms with van der Waals surface area (Å²) in [5.41, 5.74) is 0.654. The van der Waals surface area contributed by atoms with Crippen molar-refractivity contribution < 1.29 is 14.3 Å². The topological polar surface area (TPSA) is 38.8 Å². The Balaban J connectivity index is 1.93. The normalized spacial score (nSPS) is 17.9. The molecule has 5 heteroatoms. The van der Waals surface area contributed by atoms with Crippen LogP contribution in [0.4, 0.5) is 0 Å². The maximum absolute atomic E-state index is 12.4. The number of halogens is 1. The minimum Gasteiger partial charge on any atom is -0.486 e. The Morgan fingerprint density at radius 3 is 2.39 bits per heavy atom. The molecule has 0 N–H and O–H groups in total. The third-order valence-electron chi connectivity index (χ3n) is 3.26. The van der Waals surface area contributed by atoms with Gasteiger partial charge >= 0.3 is 0 Å². The van der Waals surface area contributed by atoms with Gasteiger partial charge < -0.3 is 14.4 Å². The second kappa shape index (κ2) is 4.80. The largest absolute Gasteiger partial charge is 0.486 e. The zero-order valence-corrected chi connectivity index (χ0v) is 11.5. The number of ether oxygens (including phenoxy) is 2. The minimum atomic E-state index is 0.0661. The van der Waals surface area contributed by atoms with Crippen LogP contribution in [-0.2, 0) is 0 Å². The number of carbonyl (C=O) groups is 1. The number of hydrogen-bond donors (Lipinski definition) is 0. The van der Waals surface area contributed by atoms with Gasteiger partial charge in [0.2, 0.25) is 0 Å². The molecule has 1 fully saturated rings. The van der Waals surface area contributed by atoms with Gasteiger partial charge in [-0.25, -0.2) is 0 Å². The number of fused-ring (bicyclic) bond motifs is 1. The summed E-state index contributed by atoms with van der Waals surface area (Å²) in [7, 11) is 0. The Morgan fingerprint density at radius 2 is 1.72 bits per heavy atom. The van der Waals surface area contributed by atoms with Crippen molar-refractivity contribution >= 4 is 21.8 Å². The Bertz CT molecular complexity index is 483. The molecule has 0 radical (unpaired) electrons. The molecule has 0 unspecified atom stereocenters. The summed E-state index contributed by atoms with van der Waals surface area (Å²) < 4.78 is 11.8. The van der Waals surface area contributed by atoms with Crippen LogP contribution in [0.25, 0.3) is 0 Å². The summed E-state index contributed by atoms with van der Waals surface area (Å²) in [5.74, 6) is 1.43. The molecule has 4 nitrogen and oxygen atoms in total. The predicted octanol–water partition coefficient (Wildman–Crippen LogP) is 2.46. The van der Waals surface area contributed by atoms with Crippen molar-refractivity contribution in [2.45, 2.75) is 12.8 Å². The highest BCUT2D eigenvalue weighted by Crippen LogP contribution is 2.36. The SMILES string of the molecule is O=C(c1cc2c(cc1Br)OCCO2)N1CCCC1. The zero-order valence-electron chi connectivity index (χ0n) is 9.95. The number of amides is 1. The first-order valence-corrected chi connectivity index (χ1v) is 6.93. The van der Waals surface area contributed by atoms with E-state index in [1.165, 1.54) is 0 Å². The molecule has 1 saturated heterocycles. The van der Waals surface area contributed by atoms with E-state index in [0.717, 1.165) is 30.4 Å². The van der Waals surface area contributed by atoms with E-state index in [1.54, 1.807) is 6.07 Å². The monoisotopic (exact) mass is 311 g/mol. The van der Waals surface area contributed by atoms with Crippen molar-refractivity contribution in [3.8, 4) is 11.5 Å². The molecule has 1 aromatic carbocycles. The average Bonchev–Trinajstić information content (AvgIpc) is 2.91. The van der Waals surface area contributed by atoms with Crippen molar-refractivity contribution in [3.63, 3.8) is 0 Å². The fourth-order valence-corrected chi connectivity index (χ4v) is 2.81. The summed E-state index contributed by atoms with van der Waals surface area (Å²) in [6.07, 6.45) is 2.18. The lowest BCUT2D eigenvalue weighted by Gasteiger charge is -2.21. The number of rotatable bonds is 1. The molecule has 2 heterocycles. The zero-order chi connectivity index (χ0) is 12.5. The first-order valence-electron chi connectivity index (χ1n) is 6.14. The van der Waals surface area contributed by atoms with Gasteiger partial charge in [-0.3, -0.25) is 4.79 Å². The molecule has 96 valence electrons. The van der Waals surface area contributed by atoms with Crippen LogP contribution >= 0.6 is 15.9 Å². The van der Waals surface area contributed by atoms with Gasteiger partial charge in [-0.1, -0.05) is 0 Å². The van der Waals surface area contributed by atoms with Crippen molar-refractivity contribution in [1.82, 2.24) is 4.90 Å². The quantitative estimate of drug-likeness (QED) is 0.799. The van der Waals surface area contributed by atoms with Gasteiger partial charge in [-0.15, -0.1) is 0 Å². The van der Waals surface area contributed by atoms with Crippen molar-refractivity contribution in [2.75, 3.05) is 26.3 Å². The highest BCUT2D eigenvalue weighted by molar-refractivity contribution is 9.10. The van der Waals surface area contributed by atoms with Gasteiger partial charge in [-0.2, -0.15) is 0 Å². The second-order valence-corrected chi connectivity index (χ2v) is 5.33. The van der Waals surface area contributed by atoms with Crippen LogP contribution in [-0.4, -0.2) is 37.1 Å². The molecule has 0 bridgehead atoms. The third kappa shape index (κ3) is 2.07. The van der Waals surface area contributed by atoms with Crippen molar-refractivity contribution in [3.05, 3.63) is 22.2 Å². The first kappa shape index (κ1) is 11.8. The van der Waals surface area contributed by atoms with Gasteiger partial charge in [0.1, 0.15) is 13.2 Å². The molecule has 2 aliphatic rings. The predicted molar refractivity (Wildman–Crippen MR) is 70.3 cm³/mol. The van der Waals surface area contributed by atoms with Crippen LogP contribution in [0.5, 0.6) is 11.5 Å². The molecular weight excluding hydrogens is 298 g/mol. The van der Waals surface area contributed by atoms with E-state index in [0.29, 0.717) is 30.3 Å². The second-order valence-electron chi connectivity index (χ2n) is 4.48. The smallest absolute Gasteiger partial charge is 0.255 e. The lowest BCUT2D eigenvalue weighted by molar-refractivity contribution is 0.0790. The van der Waals surface area contributed by atoms with Gasteiger partial charge in [-0.05, 0) is 40.9 Å². The molecule has 0 aromatic heterocycles. The Kier molecular flexibility index (Phi) is 3.16. The number of benzene rings is 1. The molecule has 1 aromatic rings. The summed E-state index contributed by atoms with van der Waals surface area (Å²) in [4.78, 5) is 14.2. The lowest BCUT2D eigenvalue weighted by Crippen LogP contribution is -2.28. The summed E-state index contributed by atoms with van der Waals surface area (Å²) >= 11 is 3.44. The van der Waals surface area contributed by atoms with Gasteiger partial charge in [0.05, 0.1) is 5.56 Å². The van der Waals surface area contributed by atoms with Crippen molar-refractivity contribution in [2.24, 2.45) is 0 Å². The van der Waals surface area contributed by atoms with Gasteiger partial charge in [0.25, 0.3) is 5.91 Å². The molecular formula is C13H14BrNO3. The molecule has 1 amide bonds. The lowest BCUT2D eigenvalue weighted by atomic mass is 10.1. The minimum absolute atomic E-state index is 0.0661. The highest BCUT2D eigenvalue weighted by Gasteiger charge is 2.24. The molecule has 0 spiro atoms. The fourth-order valence-electron chi connectivity index (χ4n) is 2.32. The molecule has 0 atom stereocenters. The van der Waals surface area contributed by atoms with E-state index in [9.17, 15) is 4.79 Å².